The Hall–Kier alpha value is -1.94. The van der Waals surface area contributed by atoms with Gasteiger partial charge in [-0.1, -0.05) is 65.8 Å². The molecule has 0 amide bonds. The molecule has 0 aliphatic rings. The third-order valence-electron chi connectivity index (χ3n) is 3.73. The van der Waals surface area contributed by atoms with Crippen LogP contribution in [0.15, 0.2) is 82.6 Å². The molecule has 3 aromatic carbocycles. The predicted molar refractivity (Wildman–Crippen MR) is 106 cm³/mol. The molecular formula is C21H20ClNOS. The molecule has 0 spiro atoms. The van der Waals surface area contributed by atoms with Crippen molar-refractivity contribution in [1.29, 1.82) is 0 Å². The predicted octanol–water partition coefficient (Wildman–Crippen LogP) is 5.57. The normalized spacial score (nSPS) is 10.6. The van der Waals surface area contributed by atoms with E-state index in [4.69, 9.17) is 22.1 Å². The summed E-state index contributed by atoms with van der Waals surface area (Å²) in [6.45, 7) is 1.17. The molecule has 0 aromatic heterocycles. The molecule has 128 valence electrons. The van der Waals surface area contributed by atoms with Gasteiger partial charge in [0.1, 0.15) is 12.4 Å². The quantitative estimate of drug-likeness (QED) is 0.591. The maximum atomic E-state index is 6.33. The van der Waals surface area contributed by atoms with Gasteiger partial charge in [0.2, 0.25) is 0 Å². The van der Waals surface area contributed by atoms with Crippen molar-refractivity contribution >= 4 is 23.4 Å². The van der Waals surface area contributed by atoms with Crippen molar-refractivity contribution in [1.82, 2.24) is 0 Å². The summed E-state index contributed by atoms with van der Waals surface area (Å²) < 4.78 is 5.89. The Kier molecular flexibility index (Phi) is 6.40. The zero-order valence-corrected chi connectivity index (χ0v) is 15.4. The molecule has 0 unspecified atom stereocenters. The lowest BCUT2D eigenvalue weighted by atomic mass is 10.1. The van der Waals surface area contributed by atoms with Crippen LogP contribution in [0.4, 0.5) is 0 Å². The molecule has 0 aliphatic carbocycles. The first-order valence-corrected chi connectivity index (χ1v) is 9.37. The highest BCUT2D eigenvalue weighted by Gasteiger charge is 2.04. The van der Waals surface area contributed by atoms with Crippen LogP contribution in [0.2, 0.25) is 5.02 Å². The lowest BCUT2D eigenvalue weighted by molar-refractivity contribution is 0.305. The van der Waals surface area contributed by atoms with Gasteiger partial charge in [-0.2, -0.15) is 0 Å². The molecule has 0 saturated carbocycles. The van der Waals surface area contributed by atoms with Crippen LogP contribution in [-0.2, 0) is 13.0 Å². The number of benzene rings is 3. The van der Waals surface area contributed by atoms with Crippen LogP contribution in [-0.4, -0.2) is 6.54 Å². The van der Waals surface area contributed by atoms with Gasteiger partial charge in [0.05, 0.1) is 0 Å². The van der Waals surface area contributed by atoms with Crippen molar-refractivity contribution in [3.05, 3.63) is 88.9 Å². The van der Waals surface area contributed by atoms with Crippen molar-refractivity contribution in [2.24, 2.45) is 5.73 Å². The lowest BCUT2D eigenvalue weighted by Gasteiger charge is -2.09. The van der Waals surface area contributed by atoms with E-state index in [9.17, 15) is 0 Å². The smallest absolute Gasteiger partial charge is 0.120 e. The summed E-state index contributed by atoms with van der Waals surface area (Å²) in [6.07, 6.45) is 0.798. The number of rotatable bonds is 7. The zero-order valence-electron chi connectivity index (χ0n) is 13.8. The Morgan fingerprint density at radius 2 is 1.68 bits per heavy atom. The van der Waals surface area contributed by atoms with Gasteiger partial charge in [-0.25, -0.2) is 0 Å². The van der Waals surface area contributed by atoms with Crippen LogP contribution in [0.1, 0.15) is 11.1 Å². The lowest BCUT2D eigenvalue weighted by Crippen LogP contribution is -2.02. The monoisotopic (exact) mass is 369 g/mol. The van der Waals surface area contributed by atoms with Crippen LogP contribution < -0.4 is 10.5 Å². The van der Waals surface area contributed by atoms with Gasteiger partial charge in [-0.15, -0.1) is 0 Å². The number of hydrogen-bond donors (Lipinski definition) is 1. The maximum Gasteiger partial charge on any atom is 0.120 e. The molecule has 2 nitrogen and oxygen atoms in total. The molecular weight excluding hydrogens is 350 g/mol. The van der Waals surface area contributed by atoms with E-state index in [1.807, 2.05) is 42.5 Å². The SMILES string of the molecule is NCCc1ccc(Sc2cccc(OCc3ccccc3)c2)cc1Cl. The highest BCUT2D eigenvalue weighted by molar-refractivity contribution is 7.99. The fraction of sp³-hybridized carbons (Fsp3) is 0.143. The Bertz CT molecular complexity index is 823. The molecule has 0 saturated heterocycles. The van der Waals surface area contributed by atoms with Gasteiger partial charge in [0.25, 0.3) is 0 Å². The van der Waals surface area contributed by atoms with E-state index in [1.165, 1.54) is 0 Å². The molecule has 0 heterocycles. The maximum absolute atomic E-state index is 6.33. The van der Waals surface area contributed by atoms with E-state index < -0.39 is 0 Å². The molecule has 0 fully saturated rings. The zero-order chi connectivity index (χ0) is 17.5. The molecule has 2 N–H and O–H groups in total. The van der Waals surface area contributed by atoms with Crippen LogP contribution in [0.3, 0.4) is 0 Å². The summed E-state index contributed by atoms with van der Waals surface area (Å²) in [6, 6.07) is 24.4. The van der Waals surface area contributed by atoms with Gasteiger partial charge in [0.15, 0.2) is 0 Å². The van der Waals surface area contributed by atoms with Crippen LogP contribution in [0, 0.1) is 0 Å². The Morgan fingerprint density at radius 3 is 2.44 bits per heavy atom. The second-order valence-electron chi connectivity index (χ2n) is 5.64. The van der Waals surface area contributed by atoms with Gasteiger partial charge in [-0.05, 0) is 54.4 Å². The minimum absolute atomic E-state index is 0.564. The van der Waals surface area contributed by atoms with E-state index >= 15 is 0 Å². The largest absolute Gasteiger partial charge is 0.489 e. The number of hydrogen-bond acceptors (Lipinski definition) is 3. The van der Waals surface area contributed by atoms with E-state index in [-0.39, 0.29) is 0 Å². The van der Waals surface area contributed by atoms with Crippen molar-refractivity contribution in [2.45, 2.75) is 22.8 Å². The minimum atomic E-state index is 0.564. The van der Waals surface area contributed by atoms with E-state index in [0.29, 0.717) is 13.2 Å². The molecule has 3 rings (SSSR count). The molecule has 0 aliphatic heterocycles. The standard InChI is InChI=1S/C21H20ClNOS/c22-21-14-20(10-9-17(21)11-12-23)25-19-8-4-7-18(13-19)24-15-16-5-2-1-3-6-16/h1-10,13-14H,11-12,15,23H2. The number of ether oxygens (including phenoxy) is 1. The van der Waals surface area contributed by atoms with Crippen molar-refractivity contribution in [2.75, 3.05) is 6.54 Å². The highest BCUT2D eigenvalue weighted by Crippen LogP contribution is 2.32. The van der Waals surface area contributed by atoms with Crippen LogP contribution >= 0.6 is 23.4 Å². The fourth-order valence-corrected chi connectivity index (χ4v) is 3.70. The average molecular weight is 370 g/mol. The Balaban J connectivity index is 1.66. The summed E-state index contributed by atoms with van der Waals surface area (Å²) in [5, 5.41) is 0.770. The van der Waals surface area contributed by atoms with Gasteiger partial charge in [-0.3, -0.25) is 0 Å². The third-order valence-corrected chi connectivity index (χ3v) is 5.06. The van der Waals surface area contributed by atoms with Crippen LogP contribution in [0.5, 0.6) is 5.75 Å². The molecule has 25 heavy (non-hydrogen) atoms. The second-order valence-corrected chi connectivity index (χ2v) is 7.20. The first kappa shape index (κ1) is 17.9. The fourth-order valence-electron chi connectivity index (χ4n) is 2.45. The van der Waals surface area contributed by atoms with Crippen molar-refractivity contribution < 1.29 is 4.74 Å². The molecule has 0 bridgehead atoms. The van der Waals surface area contributed by atoms with Gasteiger partial charge in [0, 0.05) is 14.8 Å². The summed E-state index contributed by atoms with van der Waals surface area (Å²) in [5.41, 5.74) is 7.85. The second kappa shape index (κ2) is 8.95. The summed E-state index contributed by atoms with van der Waals surface area (Å²) in [7, 11) is 0. The summed E-state index contributed by atoms with van der Waals surface area (Å²) >= 11 is 8.00. The topological polar surface area (TPSA) is 35.2 Å². The Labute approximate surface area is 158 Å². The summed E-state index contributed by atoms with van der Waals surface area (Å²) in [4.78, 5) is 2.22. The summed E-state index contributed by atoms with van der Waals surface area (Å²) in [5.74, 6) is 0.861. The van der Waals surface area contributed by atoms with E-state index in [1.54, 1.807) is 11.8 Å². The van der Waals surface area contributed by atoms with E-state index in [2.05, 4.69) is 30.3 Å². The van der Waals surface area contributed by atoms with Gasteiger partial charge < -0.3 is 10.5 Å². The minimum Gasteiger partial charge on any atom is -0.489 e. The number of halogens is 1. The van der Waals surface area contributed by atoms with Crippen LogP contribution in [0.25, 0.3) is 0 Å². The molecule has 4 heteroatoms. The molecule has 0 atom stereocenters. The van der Waals surface area contributed by atoms with Crippen molar-refractivity contribution in [3.8, 4) is 5.75 Å². The number of nitrogens with two attached hydrogens (primary N) is 1. The Morgan fingerprint density at radius 1 is 0.880 bits per heavy atom. The molecule has 0 radical (unpaired) electrons. The molecule has 3 aromatic rings. The van der Waals surface area contributed by atoms with Crippen molar-refractivity contribution in [3.63, 3.8) is 0 Å². The van der Waals surface area contributed by atoms with E-state index in [0.717, 1.165) is 38.1 Å². The highest BCUT2D eigenvalue weighted by atomic mass is 35.5. The third kappa shape index (κ3) is 5.27. The first-order chi connectivity index (χ1) is 12.2. The van der Waals surface area contributed by atoms with Gasteiger partial charge >= 0.3 is 0 Å². The average Bonchev–Trinajstić information content (AvgIpc) is 2.64. The first-order valence-electron chi connectivity index (χ1n) is 8.18.